The average Bonchev–Trinajstić information content (AvgIpc) is 2.37. The minimum Gasteiger partial charge on any atom is -0.457 e. The molecule has 0 fully saturated rings. The van der Waals surface area contributed by atoms with E-state index in [4.69, 9.17) is 4.74 Å². The Kier molecular flexibility index (Phi) is 5.31. The molecule has 0 saturated heterocycles. The van der Waals surface area contributed by atoms with Gasteiger partial charge in [0.2, 0.25) is 0 Å². The van der Waals surface area contributed by atoms with Crippen LogP contribution in [-0.4, -0.2) is 6.54 Å². The molecule has 1 unspecified atom stereocenters. The molecular formula is C16H16BrF2NO. The molecule has 0 aliphatic heterocycles. The van der Waals surface area contributed by atoms with Crippen LogP contribution in [0.25, 0.3) is 0 Å². The second kappa shape index (κ2) is 7.00. The maximum absolute atomic E-state index is 13.1. The molecule has 0 bridgehead atoms. The molecule has 1 N–H and O–H groups in total. The van der Waals surface area contributed by atoms with E-state index in [1.165, 1.54) is 0 Å². The maximum atomic E-state index is 13.1. The fourth-order valence-corrected chi connectivity index (χ4v) is 2.76. The van der Waals surface area contributed by atoms with Gasteiger partial charge in [-0.2, -0.15) is 0 Å². The first kappa shape index (κ1) is 15.9. The summed E-state index contributed by atoms with van der Waals surface area (Å²) < 4.78 is 32.6. The highest BCUT2D eigenvalue weighted by Crippen LogP contribution is 2.30. The van der Waals surface area contributed by atoms with Gasteiger partial charge in [-0.05, 0) is 31.2 Å². The van der Waals surface area contributed by atoms with E-state index in [1.54, 1.807) is 12.1 Å². The zero-order valence-electron chi connectivity index (χ0n) is 11.8. The third kappa shape index (κ3) is 4.25. The molecule has 0 aliphatic rings. The molecule has 0 amide bonds. The van der Waals surface area contributed by atoms with Gasteiger partial charge in [0, 0.05) is 28.7 Å². The Bertz CT molecular complexity index is 613. The second-order valence-electron chi connectivity index (χ2n) is 4.67. The van der Waals surface area contributed by atoms with Crippen molar-refractivity contribution in [3.05, 3.63) is 58.1 Å². The number of rotatable bonds is 5. The first-order chi connectivity index (χ1) is 9.99. The van der Waals surface area contributed by atoms with E-state index >= 15 is 0 Å². The van der Waals surface area contributed by atoms with Gasteiger partial charge >= 0.3 is 0 Å². The van der Waals surface area contributed by atoms with Crippen LogP contribution in [0, 0.1) is 11.6 Å². The molecule has 112 valence electrons. The zero-order chi connectivity index (χ0) is 15.4. The summed E-state index contributed by atoms with van der Waals surface area (Å²) in [4.78, 5) is 0. The van der Waals surface area contributed by atoms with Gasteiger partial charge in [-0.1, -0.05) is 28.9 Å². The first-order valence-corrected chi connectivity index (χ1v) is 7.45. The summed E-state index contributed by atoms with van der Waals surface area (Å²) in [6.45, 7) is 4.97. The van der Waals surface area contributed by atoms with Crippen molar-refractivity contribution < 1.29 is 13.5 Å². The van der Waals surface area contributed by atoms with Crippen LogP contribution < -0.4 is 10.1 Å². The minimum absolute atomic E-state index is 0.131. The number of halogens is 3. The Hall–Kier alpha value is -1.46. The highest BCUT2D eigenvalue weighted by molar-refractivity contribution is 9.10. The Morgan fingerprint density at radius 2 is 1.76 bits per heavy atom. The molecule has 0 radical (unpaired) electrons. The molecule has 5 heteroatoms. The van der Waals surface area contributed by atoms with Crippen molar-refractivity contribution in [2.75, 3.05) is 6.54 Å². The topological polar surface area (TPSA) is 21.3 Å². The number of hydrogen-bond acceptors (Lipinski definition) is 2. The lowest BCUT2D eigenvalue weighted by Crippen LogP contribution is -2.17. The van der Waals surface area contributed by atoms with Crippen LogP contribution in [0.3, 0.4) is 0 Å². The first-order valence-electron chi connectivity index (χ1n) is 6.66. The van der Waals surface area contributed by atoms with E-state index in [2.05, 4.69) is 28.2 Å². The number of ether oxygens (including phenoxy) is 1. The summed E-state index contributed by atoms with van der Waals surface area (Å²) in [6.07, 6.45) is 0. The largest absolute Gasteiger partial charge is 0.457 e. The summed E-state index contributed by atoms with van der Waals surface area (Å²) in [5, 5.41) is 3.32. The van der Waals surface area contributed by atoms with Crippen LogP contribution in [0.15, 0.2) is 40.9 Å². The van der Waals surface area contributed by atoms with Gasteiger partial charge in [-0.25, -0.2) is 8.78 Å². The van der Waals surface area contributed by atoms with E-state index in [0.29, 0.717) is 5.75 Å². The molecule has 2 aromatic rings. The molecule has 0 aromatic heterocycles. The molecule has 0 spiro atoms. The normalized spacial score (nSPS) is 12.2. The molecule has 1 atom stereocenters. The quantitative estimate of drug-likeness (QED) is 0.796. The Balaban J connectivity index is 2.20. The van der Waals surface area contributed by atoms with Crippen LogP contribution in [0.1, 0.15) is 25.5 Å². The molecular weight excluding hydrogens is 340 g/mol. The van der Waals surface area contributed by atoms with Gasteiger partial charge in [0.05, 0.1) is 0 Å². The van der Waals surface area contributed by atoms with Crippen molar-refractivity contribution in [2.45, 2.75) is 19.9 Å². The summed E-state index contributed by atoms with van der Waals surface area (Å²) in [6, 6.07) is 8.78. The lowest BCUT2D eigenvalue weighted by molar-refractivity contribution is 0.467. The molecule has 2 aromatic carbocycles. The van der Waals surface area contributed by atoms with E-state index in [1.807, 2.05) is 13.0 Å². The van der Waals surface area contributed by atoms with Crippen molar-refractivity contribution in [3.8, 4) is 11.5 Å². The number of nitrogens with one attached hydrogen (secondary N) is 1. The number of benzene rings is 2. The van der Waals surface area contributed by atoms with Gasteiger partial charge < -0.3 is 10.1 Å². The van der Waals surface area contributed by atoms with Crippen LogP contribution in [0.5, 0.6) is 11.5 Å². The maximum Gasteiger partial charge on any atom is 0.133 e. The molecule has 2 nitrogen and oxygen atoms in total. The third-order valence-corrected chi connectivity index (χ3v) is 3.71. The SMILES string of the molecule is CCNC(C)c1ccc(Oc2cc(F)cc(F)c2)cc1Br. The fourth-order valence-electron chi connectivity index (χ4n) is 2.06. The highest BCUT2D eigenvalue weighted by Gasteiger charge is 2.10. The predicted molar refractivity (Wildman–Crippen MR) is 82.7 cm³/mol. The van der Waals surface area contributed by atoms with Gasteiger partial charge in [-0.15, -0.1) is 0 Å². The lowest BCUT2D eigenvalue weighted by atomic mass is 10.1. The summed E-state index contributed by atoms with van der Waals surface area (Å²) in [5.41, 5.74) is 1.09. The second-order valence-corrected chi connectivity index (χ2v) is 5.52. The minimum atomic E-state index is -0.665. The van der Waals surface area contributed by atoms with Crippen molar-refractivity contribution in [1.82, 2.24) is 5.32 Å². The van der Waals surface area contributed by atoms with Crippen molar-refractivity contribution >= 4 is 15.9 Å². The van der Waals surface area contributed by atoms with Crippen LogP contribution in [0.4, 0.5) is 8.78 Å². The highest BCUT2D eigenvalue weighted by atomic mass is 79.9. The van der Waals surface area contributed by atoms with Gasteiger partial charge in [0.25, 0.3) is 0 Å². The molecule has 2 rings (SSSR count). The van der Waals surface area contributed by atoms with Gasteiger partial charge in [0.1, 0.15) is 23.1 Å². The standard InChI is InChI=1S/C16H16BrF2NO/c1-3-20-10(2)15-5-4-13(9-16(15)17)21-14-7-11(18)6-12(19)8-14/h4-10,20H,3H2,1-2H3. The molecule has 21 heavy (non-hydrogen) atoms. The fraction of sp³-hybridized carbons (Fsp3) is 0.250. The zero-order valence-corrected chi connectivity index (χ0v) is 13.4. The van der Waals surface area contributed by atoms with Crippen molar-refractivity contribution in [1.29, 1.82) is 0 Å². The van der Waals surface area contributed by atoms with E-state index in [0.717, 1.165) is 34.8 Å². The van der Waals surface area contributed by atoms with Crippen molar-refractivity contribution in [3.63, 3.8) is 0 Å². The van der Waals surface area contributed by atoms with Crippen molar-refractivity contribution in [2.24, 2.45) is 0 Å². The molecule has 0 aliphatic carbocycles. The lowest BCUT2D eigenvalue weighted by Gasteiger charge is -2.15. The number of hydrogen-bond donors (Lipinski definition) is 1. The Morgan fingerprint density at radius 3 is 2.33 bits per heavy atom. The van der Waals surface area contributed by atoms with Gasteiger partial charge in [0.15, 0.2) is 0 Å². The van der Waals surface area contributed by atoms with Crippen LogP contribution in [-0.2, 0) is 0 Å². The summed E-state index contributed by atoms with van der Waals surface area (Å²) in [5.74, 6) is -0.686. The van der Waals surface area contributed by atoms with E-state index < -0.39 is 11.6 Å². The smallest absolute Gasteiger partial charge is 0.133 e. The molecule has 0 saturated carbocycles. The van der Waals surface area contributed by atoms with E-state index in [9.17, 15) is 8.78 Å². The van der Waals surface area contributed by atoms with E-state index in [-0.39, 0.29) is 11.8 Å². The van der Waals surface area contributed by atoms with Crippen LogP contribution >= 0.6 is 15.9 Å². The average molecular weight is 356 g/mol. The van der Waals surface area contributed by atoms with Crippen LogP contribution in [0.2, 0.25) is 0 Å². The summed E-state index contributed by atoms with van der Waals surface area (Å²) >= 11 is 3.49. The van der Waals surface area contributed by atoms with Gasteiger partial charge in [-0.3, -0.25) is 0 Å². The Labute approximate surface area is 131 Å². The monoisotopic (exact) mass is 355 g/mol. The predicted octanol–water partition coefficient (Wildman–Crippen LogP) is 5.19. The summed E-state index contributed by atoms with van der Waals surface area (Å²) in [7, 11) is 0. The Morgan fingerprint density at radius 1 is 1.10 bits per heavy atom. The molecule has 0 heterocycles. The third-order valence-electron chi connectivity index (χ3n) is 3.02.